The molecule has 5 nitrogen and oxygen atoms in total. The van der Waals surface area contributed by atoms with Gasteiger partial charge in [0.05, 0.1) is 23.8 Å². The number of imidazole rings is 1. The molecule has 112 valence electrons. The number of hydrogen-bond donors (Lipinski definition) is 1. The van der Waals surface area contributed by atoms with Gasteiger partial charge in [-0.1, -0.05) is 30.3 Å². The minimum Gasteiger partial charge on any atom is -0.359 e. The van der Waals surface area contributed by atoms with Crippen LogP contribution in [0.15, 0.2) is 67.4 Å². The summed E-state index contributed by atoms with van der Waals surface area (Å²) in [6, 6.07) is 11.6. The minimum atomic E-state index is 0.0918. The molecule has 0 saturated carbocycles. The molecule has 1 aromatic carbocycles. The van der Waals surface area contributed by atoms with E-state index in [0.29, 0.717) is 12.0 Å². The number of nitrogens with one attached hydrogen (secondary N) is 1. The highest BCUT2D eigenvalue weighted by atomic mass is 16.1. The van der Waals surface area contributed by atoms with Crippen molar-refractivity contribution in [3.63, 3.8) is 0 Å². The van der Waals surface area contributed by atoms with Gasteiger partial charge >= 0.3 is 0 Å². The van der Waals surface area contributed by atoms with Crippen LogP contribution in [0.25, 0.3) is 17.0 Å². The Morgan fingerprint density at radius 2 is 2.04 bits per heavy atom. The van der Waals surface area contributed by atoms with E-state index in [1.807, 2.05) is 47.0 Å². The van der Waals surface area contributed by atoms with E-state index < -0.39 is 0 Å². The Morgan fingerprint density at radius 1 is 1.17 bits per heavy atom. The highest BCUT2D eigenvalue weighted by molar-refractivity contribution is 5.98. The van der Waals surface area contributed by atoms with Crippen molar-refractivity contribution < 1.29 is 4.79 Å². The van der Waals surface area contributed by atoms with Crippen LogP contribution in [0.1, 0.15) is 15.9 Å². The lowest BCUT2D eigenvalue weighted by atomic mass is 10.1. The number of H-pyrrole nitrogens is 1. The van der Waals surface area contributed by atoms with Crippen molar-refractivity contribution in [2.75, 3.05) is 0 Å². The van der Waals surface area contributed by atoms with Crippen LogP contribution in [0.2, 0.25) is 0 Å². The molecule has 3 aromatic heterocycles. The number of aromatic amines is 1. The molecule has 4 rings (SSSR count). The van der Waals surface area contributed by atoms with E-state index in [0.717, 1.165) is 22.6 Å². The Labute approximate surface area is 132 Å². The van der Waals surface area contributed by atoms with Crippen LogP contribution < -0.4 is 0 Å². The van der Waals surface area contributed by atoms with Crippen molar-refractivity contribution in [2.45, 2.75) is 6.42 Å². The highest BCUT2D eigenvalue weighted by Crippen LogP contribution is 2.21. The largest absolute Gasteiger partial charge is 0.359 e. The van der Waals surface area contributed by atoms with Gasteiger partial charge in [-0.3, -0.25) is 14.2 Å². The first kappa shape index (κ1) is 13.5. The Balaban J connectivity index is 1.63. The molecule has 0 radical (unpaired) electrons. The summed E-state index contributed by atoms with van der Waals surface area (Å²) >= 11 is 0. The van der Waals surface area contributed by atoms with E-state index in [1.165, 1.54) is 0 Å². The zero-order chi connectivity index (χ0) is 15.6. The number of hydrogen-bond acceptors (Lipinski definition) is 3. The molecule has 0 amide bonds. The first-order chi connectivity index (χ1) is 11.3. The zero-order valence-corrected chi connectivity index (χ0v) is 12.3. The van der Waals surface area contributed by atoms with E-state index in [2.05, 4.69) is 15.0 Å². The SMILES string of the molecule is O=C(Cc1ccccc1)c1c[nH]c(-c2cnc3cnccn23)c1. The Kier molecular flexibility index (Phi) is 3.24. The van der Waals surface area contributed by atoms with Gasteiger partial charge in [0.2, 0.25) is 0 Å². The Hall–Kier alpha value is -3.21. The third-order valence-corrected chi connectivity index (χ3v) is 3.81. The first-order valence-electron chi connectivity index (χ1n) is 7.34. The van der Waals surface area contributed by atoms with E-state index in [4.69, 9.17) is 0 Å². The molecule has 0 aliphatic rings. The molecule has 23 heavy (non-hydrogen) atoms. The van der Waals surface area contributed by atoms with Crippen LogP contribution in [0.3, 0.4) is 0 Å². The highest BCUT2D eigenvalue weighted by Gasteiger charge is 2.12. The van der Waals surface area contributed by atoms with E-state index in [9.17, 15) is 4.79 Å². The molecular weight excluding hydrogens is 288 g/mol. The molecule has 4 aromatic rings. The average Bonchev–Trinajstić information content (AvgIpc) is 3.22. The average molecular weight is 302 g/mol. The third kappa shape index (κ3) is 2.53. The van der Waals surface area contributed by atoms with Crippen LogP contribution in [-0.2, 0) is 6.42 Å². The molecule has 3 heterocycles. The number of carbonyl (C=O) groups is 1. The van der Waals surface area contributed by atoms with Crippen molar-refractivity contribution in [1.82, 2.24) is 19.4 Å². The van der Waals surface area contributed by atoms with E-state index in [1.54, 1.807) is 24.8 Å². The lowest BCUT2D eigenvalue weighted by molar-refractivity contribution is 0.0993. The summed E-state index contributed by atoms with van der Waals surface area (Å²) < 4.78 is 1.93. The number of aromatic nitrogens is 4. The molecule has 0 atom stereocenters. The van der Waals surface area contributed by atoms with Crippen LogP contribution >= 0.6 is 0 Å². The summed E-state index contributed by atoms with van der Waals surface area (Å²) in [7, 11) is 0. The number of benzene rings is 1. The quantitative estimate of drug-likeness (QED) is 0.589. The standard InChI is InChI=1S/C18H14N4O/c23-17(8-13-4-2-1-3-5-13)14-9-15(20-10-14)16-11-21-18-12-19-6-7-22(16)18/h1-7,9-12,20H,8H2. The zero-order valence-electron chi connectivity index (χ0n) is 12.3. The summed E-state index contributed by atoms with van der Waals surface area (Å²) in [5, 5.41) is 0. The predicted molar refractivity (Wildman–Crippen MR) is 87.3 cm³/mol. The lowest BCUT2D eigenvalue weighted by Crippen LogP contribution is -2.01. The van der Waals surface area contributed by atoms with Crippen molar-refractivity contribution in [3.8, 4) is 11.4 Å². The number of Topliss-reactive ketones (excluding diaryl/α,β-unsaturated/α-hetero) is 1. The molecule has 1 N–H and O–H groups in total. The monoisotopic (exact) mass is 302 g/mol. The maximum atomic E-state index is 12.4. The normalized spacial score (nSPS) is 11.0. The van der Waals surface area contributed by atoms with Crippen LogP contribution in [0.4, 0.5) is 0 Å². The molecule has 0 aliphatic carbocycles. The van der Waals surface area contributed by atoms with Gasteiger partial charge in [-0.2, -0.15) is 0 Å². The fourth-order valence-corrected chi connectivity index (χ4v) is 2.63. The summed E-state index contributed by atoms with van der Waals surface area (Å²) in [5.41, 5.74) is 4.23. The number of rotatable bonds is 4. The van der Waals surface area contributed by atoms with Crippen molar-refractivity contribution in [2.24, 2.45) is 0 Å². The Morgan fingerprint density at radius 3 is 2.91 bits per heavy atom. The summed E-state index contributed by atoms with van der Waals surface area (Å²) in [6.07, 6.45) is 9.19. The fraction of sp³-hybridized carbons (Fsp3) is 0.0556. The second-order valence-corrected chi connectivity index (χ2v) is 5.34. The molecule has 0 fully saturated rings. The van der Waals surface area contributed by atoms with Gasteiger partial charge in [-0.25, -0.2) is 4.98 Å². The molecule has 0 unspecified atom stereocenters. The number of carbonyl (C=O) groups excluding carboxylic acids is 1. The van der Waals surface area contributed by atoms with Gasteiger partial charge in [0.15, 0.2) is 11.4 Å². The molecule has 0 spiro atoms. The molecule has 5 heteroatoms. The summed E-state index contributed by atoms with van der Waals surface area (Å²) in [6.45, 7) is 0. The van der Waals surface area contributed by atoms with Crippen LogP contribution in [0.5, 0.6) is 0 Å². The fourth-order valence-electron chi connectivity index (χ4n) is 2.63. The van der Waals surface area contributed by atoms with Gasteiger partial charge in [-0.05, 0) is 11.6 Å². The smallest absolute Gasteiger partial charge is 0.168 e. The Bertz CT molecular complexity index is 969. The third-order valence-electron chi connectivity index (χ3n) is 3.81. The number of fused-ring (bicyclic) bond motifs is 1. The second kappa shape index (κ2) is 5.53. The lowest BCUT2D eigenvalue weighted by Gasteiger charge is -1.99. The van der Waals surface area contributed by atoms with E-state index in [-0.39, 0.29) is 5.78 Å². The van der Waals surface area contributed by atoms with Gasteiger partial charge in [0, 0.05) is 30.6 Å². The van der Waals surface area contributed by atoms with Gasteiger partial charge in [0.25, 0.3) is 0 Å². The molecule has 0 bridgehead atoms. The topological polar surface area (TPSA) is 63.0 Å². The predicted octanol–water partition coefficient (Wildman–Crippen LogP) is 3.15. The molecular formula is C18H14N4O. The van der Waals surface area contributed by atoms with Crippen molar-refractivity contribution in [3.05, 3.63) is 78.5 Å². The van der Waals surface area contributed by atoms with Crippen molar-refractivity contribution >= 4 is 11.4 Å². The number of nitrogens with zero attached hydrogens (tertiary/aromatic N) is 3. The minimum absolute atomic E-state index is 0.0918. The first-order valence-corrected chi connectivity index (χ1v) is 7.34. The van der Waals surface area contributed by atoms with Crippen molar-refractivity contribution in [1.29, 1.82) is 0 Å². The van der Waals surface area contributed by atoms with Gasteiger partial charge in [-0.15, -0.1) is 0 Å². The number of ketones is 1. The molecule has 0 aliphatic heterocycles. The molecule has 0 saturated heterocycles. The summed E-state index contributed by atoms with van der Waals surface area (Å²) in [4.78, 5) is 23.9. The van der Waals surface area contributed by atoms with Gasteiger partial charge in [0.1, 0.15) is 0 Å². The van der Waals surface area contributed by atoms with Crippen LogP contribution in [-0.4, -0.2) is 25.1 Å². The summed E-state index contributed by atoms with van der Waals surface area (Å²) in [5.74, 6) is 0.0918. The maximum Gasteiger partial charge on any atom is 0.168 e. The second-order valence-electron chi connectivity index (χ2n) is 5.34. The van der Waals surface area contributed by atoms with Gasteiger partial charge < -0.3 is 4.98 Å². The maximum absolute atomic E-state index is 12.4. The van der Waals surface area contributed by atoms with E-state index >= 15 is 0 Å². The van der Waals surface area contributed by atoms with Crippen LogP contribution in [0, 0.1) is 0 Å².